The molecule has 30 heavy (non-hydrogen) atoms. The zero-order valence-corrected chi connectivity index (χ0v) is 18.2. The average Bonchev–Trinajstić information content (AvgIpc) is 2.88. The lowest BCUT2D eigenvalue weighted by atomic mass is 9.86. The Morgan fingerprint density at radius 1 is 1.10 bits per heavy atom. The van der Waals surface area contributed by atoms with Crippen LogP contribution in [0.1, 0.15) is 12.0 Å². The van der Waals surface area contributed by atoms with Crippen LogP contribution in [0, 0.1) is 5.41 Å². The lowest BCUT2D eigenvalue weighted by Crippen LogP contribution is -2.48. The molecule has 9 nitrogen and oxygen atoms in total. The van der Waals surface area contributed by atoms with Gasteiger partial charge in [-0.15, -0.1) is 0 Å². The van der Waals surface area contributed by atoms with E-state index in [1.54, 1.807) is 43.0 Å². The summed E-state index contributed by atoms with van der Waals surface area (Å²) < 4.78 is 5.16. The van der Waals surface area contributed by atoms with Crippen molar-refractivity contribution >= 4 is 18.0 Å². The molecule has 2 saturated heterocycles. The third-order valence-electron chi connectivity index (χ3n) is 5.76. The molecule has 0 unspecified atom stereocenters. The second-order valence-corrected chi connectivity index (χ2v) is 8.45. The summed E-state index contributed by atoms with van der Waals surface area (Å²) in [5.41, 5.74) is 0.514. The Morgan fingerprint density at radius 2 is 1.73 bits per heavy atom. The van der Waals surface area contributed by atoms with Crippen LogP contribution in [0.25, 0.3) is 0 Å². The van der Waals surface area contributed by atoms with Crippen molar-refractivity contribution in [1.82, 2.24) is 24.9 Å². The van der Waals surface area contributed by atoms with E-state index in [0.717, 1.165) is 11.3 Å². The van der Waals surface area contributed by atoms with Gasteiger partial charge in [0.25, 0.3) is 0 Å². The summed E-state index contributed by atoms with van der Waals surface area (Å²) >= 11 is 0. The number of amides is 5. The van der Waals surface area contributed by atoms with Crippen molar-refractivity contribution in [2.75, 3.05) is 61.0 Å². The number of rotatable bonds is 3. The quantitative estimate of drug-likeness (QED) is 0.797. The van der Waals surface area contributed by atoms with Crippen LogP contribution in [0.5, 0.6) is 5.75 Å². The molecule has 2 aliphatic rings. The first-order chi connectivity index (χ1) is 14.2. The Hall–Kier alpha value is -2.97. The van der Waals surface area contributed by atoms with Crippen molar-refractivity contribution in [3.8, 4) is 5.75 Å². The maximum atomic E-state index is 12.9. The number of likely N-dealkylation sites (tertiary alicyclic amines) is 1. The van der Waals surface area contributed by atoms with Gasteiger partial charge in [-0.05, 0) is 17.7 Å². The topological polar surface area (TPSA) is 85.4 Å². The number of nitrogens with one attached hydrogen (secondary N) is 1. The summed E-state index contributed by atoms with van der Waals surface area (Å²) in [7, 11) is 6.81. The van der Waals surface area contributed by atoms with Crippen molar-refractivity contribution in [3.05, 3.63) is 29.8 Å². The van der Waals surface area contributed by atoms with Gasteiger partial charge >= 0.3 is 12.1 Å². The summed E-state index contributed by atoms with van der Waals surface area (Å²) in [5.74, 6) is 0.813. The van der Waals surface area contributed by atoms with Gasteiger partial charge < -0.3 is 29.7 Å². The van der Waals surface area contributed by atoms with Gasteiger partial charge in [-0.1, -0.05) is 12.1 Å². The summed E-state index contributed by atoms with van der Waals surface area (Å²) in [6.07, 6.45) is 0.336. The van der Waals surface area contributed by atoms with Crippen LogP contribution in [0.4, 0.5) is 9.59 Å². The number of methoxy groups -OCH3 is 1. The van der Waals surface area contributed by atoms with Gasteiger partial charge in [0.1, 0.15) is 5.75 Å². The number of benzene rings is 1. The van der Waals surface area contributed by atoms with E-state index < -0.39 is 5.41 Å². The van der Waals surface area contributed by atoms with Crippen LogP contribution in [0.15, 0.2) is 24.3 Å². The zero-order chi connectivity index (χ0) is 21.9. The van der Waals surface area contributed by atoms with Gasteiger partial charge in [-0.3, -0.25) is 4.79 Å². The second-order valence-electron chi connectivity index (χ2n) is 8.45. The Bertz CT molecular complexity index is 797. The van der Waals surface area contributed by atoms with E-state index in [1.807, 2.05) is 24.3 Å². The lowest BCUT2D eigenvalue weighted by molar-refractivity contribution is -0.126. The third-order valence-corrected chi connectivity index (χ3v) is 5.76. The van der Waals surface area contributed by atoms with E-state index in [4.69, 9.17) is 4.74 Å². The smallest absolute Gasteiger partial charge is 0.319 e. The molecule has 164 valence electrons. The van der Waals surface area contributed by atoms with E-state index in [-0.39, 0.29) is 18.0 Å². The van der Waals surface area contributed by atoms with Crippen LogP contribution in [-0.4, -0.2) is 98.5 Å². The second kappa shape index (κ2) is 8.81. The number of hydrogen-bond donors (Lipinski definition) is 1. The summed E-state index contributed by atoms with van der Waals surface area (Å²) in [6, 6.07) is 7.24. The van der Waals surface area contributed by atoms with Gasteiger partial charge in [0, 0.05) is 72.2 Å². The largest absolute Gasteiger partial charge is 0.497 e. The molecule has 1 aromatic carbocycles. The Morgan fingerprint density at radius 3 is 2.30 bits per heavy atom. The highest BCUT2D eigenvalue weighted by Gasteiger charge is 2.47. The first-order valence-electron chi connectivity index (χ1n) is 10.1. The molecule has 0 saturated carbocycles. The van der Waals surface area contributed by atoms with E-state index in [2.05, 4.69) is 5.32 Å². The average molecular weight is 418 g/mol. The van der Waals surface area contributed by atoms with Gasteiger partial charge in [-0.25, -0.2) is 9.59 Å². The standard InChI is InChI=1S/C21H31N5O4/c1-23(2)20(29)26-10-9-25(14-21(15-26)11-18(27)24(3)13-21)19(28)22-12-16-5-7-17(30-4)8-6-16/h5-8H,9-15H2,1-4H3,(H,22,28)/t21-/m1/s1. The molecule has 3 rings (SSSR count). The van der Waals surface area contributed by atoms with Crippen molar-refractivity contribution < 1.29 is 19.1 Å². The van der Waals surface area contributed by atoms with Crippen molar-refractivity contribution in [2.45, 2.75) is 13.0 Å². The predicted molar refractivity (Wildman–Crippen MR) is 112 cm³/mol. The molecule has 0 aliphatic carbocycles. The maximum absolute atomic E-state index is 12.9. The van der Waals surface area contributed by atoms with Crippen molar-refractivity contribution in [1.29, 1.82) is 0 Å². The molecule has 0 aromatic heterocycles. The molecule has 1 spiro atoms. The normalized spacial score (nSPS) is 21.6. The van der Waals surface area contributed by atoms with E-state index >= 15 is 0 Å². The number of ether oxygens (including phenoxy) is 1. The highest BCUT2D eigenvalue weighted by molar-refractivity contribution is 5.80. The van der Waals surface area contributed by atoms with Gasteiger partial charge in [0.2, 0.25) is 5.91 Å². The van der Waals surface area contributed by atoms with Gasteiger partial charge in [-0.2, -0.15) is 0 Å². The molecule has 0 bridgehead atoms. The molecule has 2 fully saturated rings. The van der Waals surface area contributed by atoms with Crippen molar-refractivity contribution in [3.63, 3.8) is 0 Å². The first kappa shape index (κ1) is 21.7. The van der Waals surface area contributed by atoms with Crippen LogP contribution < -0.4 is 10.1 Å². The maximum Gasteiger partial charge on any atom is 0.319 e. The Balaban J connectivity index is 1.71. The van der Waals surface area contributed by atoms with Gasteiger partial charge in [0.05, 0.1) is 7.11 Å². The number of hydrogen-bond acceptors (Lipinski definition) is 4. The molecule has 0 radical (unpaired) electrons. The highest BCUT2D eigenvalue weighted by Crippen LogP contribution is 2.34. The van der Waals surface area contributed by atoms with Crippen LogP contribution in [0.2, 0.25) is 0 Å². The van der Waals surface area contributed by atoms with Crippen LogP contribution in [0.3, 0.4) is 0 Å². The number of urea groups is 2. The fourth-order valence-electron chi connectivity index (χ4n) is 4.23. The van der Waals surface area contributed by atoms with E-state index in [0.29, 0.717) is 45.7 Å². The first-order valence-corrected chi connectivity index (χ1v) is 10.1. The third kappa shape index (κ3) is 4.77. The van der Waals surface area contributed by atoms with Crippen molar-refractivity contribution in [2.24, 2.45) is 5.41 Å². The predicted octanol–water partition coefficient (Wildman–Crippen LogP) is 1.05. The minimum absolute atomic E-state index is 0.0488. The summed E-state index contributed by atoms with van der Waals surface area (Å²) in [4.78, 5) is 44.6. The Kier molecular flexibility index (Phi) is 6.38. The molecular formula is C21H31N5O4. The summed E-state index contributed by atoms with van der Waals surface area (Å²) in [5, 5.41) is 2.96. The number of carbonyl (C=O) groups is 3. The number of carbonyl (C=O) groups excluding carboxylic acids is 3. The fraction of sp³-hybridized carbons (Fsp3) is 0.571. The SMILES string of the molecule is COc1ccc(CNC(=O)N2CCN(C(=O)N(C)C)C[C@@]3(CC(=O)N(C)C3)C2)cc1. The van der Waals surface area contributed by atoms with Gasteiger partial charge in [0.15, 0.2) is 0 Å². The minimum Gasteiger partial charge on any atom is -0.497 e. The molecular weight excluding hydrogens is 386 g/mol. The minimum atomic E-state index is -0.453. The Labute approximate surface area is 177 Å². The molecule has 2 aliphatic heterocycles. The number of nitrogens with zero attached hydrogens (tertiary/aromatic N) is 4. The van der Waals surface area contributed by atoms with E-state index in [9.17, 15) is 14.4 Å². The highest BCUT2D eigenvalue weighted by atomic mass is 16.5. The monoisotopic (exact) mass is 417 g/mol. The summed E-state index contributed by atoms with van der Waals surface area (Å²) in [6.45, 7) is 2.69. The van der Waals surface area contributed by atoms with Crippen LogP contribution >= 0.6 is 0 Å². The van der Waals surface area contributed by atoms with E-state index in [1.165, 1.54) is 4.90 Å². The van der Waals surface area contributed by atoms with Crippen LogP contribution in [-0.2, 0) is 11.3 Å². The molecule has 1 aromatic rings. The lowest BCUT2D eigenvalue weighted by Gasteiger charge is -2.34. The molecule has 1 N–H and O–H groups in total. The molecule has 9 heteroatoms. The zero-order valence-electron chi connectivity index (χ0n) is 18.2. The fourth-order valence-corrected chi connectivity index (χ4v) is 4.23. The molecule has 2 heterocycles. The molecule has 1 atom stereocenters. The molecule has 5 amide bonds.